The second-order valence-electron chi connectivity index (χ2n) is 8.47. The van der Waals surface area contributed by atoms with E-state index in [0.717, 1.165) is 48.2 Å². The molecule has 1 unspecified atom stereocenters. The average molecular weight is 308 g/mol. The predicted octanol–water partition coefficient (Wildman–Crippen LogP) is 4.27. The third-order valence-corrected chi connectivity index (χ3v) is 6.89. The summed E-state index contributed by atoms with van der Waals surface area (Å²) in [6, 6.07) is 13.6. The Morgan fingerprint density at radius 3 is 2.22 bits per heavy atom. The van der Waals surface area contributed by atoms with Gasteiger partial charge in [-0.2, -0.15) is 5.26 Å². The number of hydrogen-bond donors (Lipinski definition) is 1. The monoisotopic (exact) mass is 308 g/mol. The van der Waals surface area contributed by atoms with Crippen LogP contribution in [-0.2, 0) is 5.41 Å². The van der Waals surface area contributed by atoms with Gasteiger partial charge in [0.05, 0.1) is 11.5 Å². The first-order valence-corrected chi connectivity index (χ1v) is 9.38. The van der Waals surface area contributed by atoms with Crippen molar-refractivity contribution in [1.29, 1.82) is 5.26 Å². The van der Waals surface area contributed by atoms with E-state index in [1.54, 1.807) is 0 Å². The molecule has 2 nitrogen and oxygen atoms in total. The zero-order valence-electron chi connectivity index (χ0n) is 14.2. The minimum Gasteiger partial charge on any atom is -0.313 e. The van der Waals surface area contributed by atoms with E-state index in [1.165, 1.54) is 32.1 Å². The van der Waals surface area contributed by atoms with E-state index in [1.807, 2.05) is 18.2 Å². The van der Waals surface area contributed by atoms with Gasteiger partial charge in [0.15, 0.2) is 0 Å². The van der Waals surface area contributed by atoms with Crippen LogP contribution in [0.2, 0.25) is 0 Å². The van der Waals surface area contributed by atoms with Gasteiger partial charge >= 0.3 is 0 Å². The molecule has 0 aliphatic heterocycles. The molecule has 5 rings (SSSR count). The van der Waals surface area contributed by atoms with Crippen LogP contribution in [0.1, 0.15) is 51.0 Å². The Morgan fingerprint density at radius 1 is 1.04 bits per heavy atom. The van der Waals surface area contributed by atoms with E-state index >= 15 is 0 Å². The molecular formula is C21H28N2. The zero-order chi connectivity index (χ0) is 15.9. The Kier molecular flexibility index (Phi) is 3.93. The summed E-state index contributed by atoms with van der Waals surface area (Å²) in [5.74, 6) is 3.89. The third-order valence-electron chi connectivity index (χ3n) is 6.89. The van der Waals surface area contributed by atoms with Gasteiger partial charge in [0.2, 0.25) is 0 Å². The SMILES string of the molecule is CC(C#N)(CCNC1C2CC3CC(C2)CC1C3)c1ccccc1. The molecule has 2 heteroatoms. The van der Waals surface area contributed by atoms with Gasteiger partial charge in [-0.05, 0) is 81.2 Å². The minimum atomic E-state index is -0.375. The number of nitriles is 1. The van der Waals surface area contributed by atoms with Gasteiger partial charge in [-0.25, -0.2) is 0 Å². The summed E-state index contributed by atoms with van der Waals surface area (Å²) in [5, 5.41) is 13.6. The fourth-order valence-corrected chi connectivity index (χ4v) is 5.82. The maximum Gasteiger partial charge on any atom is 0.0806 e. The molecule has 0 saturated heterocycles. The van der Waals surface area contributed by atoms with Gasteiger partial charge in [-0.3, -0.25) is 0 Å². The minimum absolute atomic E-state index is 0.375. The summed E-state index contributed by atoms with van der Waals surface area (Å²) in [4.78, 5) is 0. The lowest BCUT2D eigenvalue weighted by Crippen LogP contribution is -2.54. The van der Waals surface area contributed by atoms with Gasteiger partial charge < -0.3 is 5.32 Å². The quantitative estimate of drug-likeness (QED) is 0.881. The highest BCUT2D eigenvalue weighted by atomic mass is 14.9. The van der Waals surface area contributed by atoms with E-state index in [0.29, 0.717) is 0 Å². The third kappa shape index (κ3) is 2.81. The predicted molar refractivity (Wildman–Crippen MR) is 92.9 cm³/mol. The fourth-order valence-electron chi connectivity index (χ4n) is 5.82. The normalized spacial score (nSPS) is 37.3. The Bertz CT molecular complexity index is 560. The number of nitrogens with zero attached hydrogens (tertiary/aromatic N) is 1. The topological polar surface area (TPSA) is 35.8 Å². The Labute approximate surface area is 140 Å². The average Bonchev–Trinajstić information content (AvgIpc) is 2.57. The lowest BCUT2D eigenvalue weighted by Gasteiger charge is -2.54. The Morgan fingerprint density at radius 2 is 1.65 bits per heavy atom. The molecule has 23 heavy (non-hydrogen) atoms. The molecule has 4 aliphatic carbocycles. The highest BCUT2D eigenvalue weighted by Gasteiger charge is 2.47. The van der Waals surface area contributed by atoms with Crippen LogP contribution < -0.4 is 5.32 Å². The molecule has 0 aromatic heterocycles. The molecule has 1 aromatic rings. The van der Waals surface area contributed by atoms with Crippen LogP contribution in [0.3, 0.4) is 0 Å². The maximum atomic E-state index is 9.70. The smallest absolute Gasteiger partial charge is 0.0806 e. The van der Waals surface area contributed by atoms with E-state index in [-0.39, 0.29) is 5.41 Å². The van der Waals surface area contributed by atoms with Gasteiger partial charge in [-0.15, -0.1) is 0 Å². The van der Waals surface area contributed by atoms with Crippen molar-refractivity contribution in [1.82, 2.24) is 5.32 Å². The van der Waals surface area contributed by atoms with Crippen LogP contribution in [-0.4, -0.2) is 12.6 Å². The molecule has 0 heterocycles. The Hall–Kier alpha value is -1.33. The van der Waals surface area contributed by atoms with E-state index < -0.39 is 0 Å². The summed E-state index contributed by atoms with van der Waals surface area (Å²) in [6.07, 6.45) is 8.24. The van der Waals surface area contributed by atoms with Crippen molar-refractivity contribution in [3.8, 4) is 6.07 Å². The molecule has 4 bridgehead atoms. The molecule has 1 N–H and O–H groups in total. The van der Waals surface area contributed by atoms with Crippen molar-refractivity contribution in [2.24, 2.45) is 23.7 Å². The van der Waals surface area contributed by atoms with Gasteiger partial charge in [0.1, 0.15) is 0 Å². The van der Waals surface area contributed by atoms with E-state index in [4.69, 9.17) is 0 Å². The molecular weight excluding hydrogens is 280 g/mol. The molecule has 0 spiro atoms. The van der Waals surface area contributed by atoms with Crippen molar-refractivity contribution in [3.05, 3.63) is 35.9 Å². The van der Waals surface area contributed by atoms with E-state index in [9.17, 15) is 5.26 Å². The van der Waals surface area contributed by atoms with Crippen LogP contribution in [0.5, 0.6) is 0 Å². The van der Waals surface area contributed by atoms with Gasteiger partial charge in [0.25, 0.3) is 0 Å². The van der Waals surface area contributed by atoms with Crippen LogP contribution in [0.15, 0.2) is 30.3 Å². The number of rotatable bonds is 5. The van der Waals surface area contributed by atoms with Crippen LogP contribution in [0, 0.1) is 35.0 Å². The Balaban J connectivity index is 1.37. The summed E-state index contributed by atoms with van der Waals surface area (Å²) in [6.45, 7) is 3.05. The second kappa shape index (κ2) is 5.95. The molecule has 4 aliphatic rings. The van der Waals surface area contributed by atoms with Gasteiger partial charge in [-0.1, -0.05) is 30.3 Å². The second-order valence-corrected chi connectivity index (χ2v) is 8.47. The molecule has 4 fully saturated rings. The molecule has 1 aromatic carbocycles. The highest BCUT2D eigenvalue weighted by molar-refractivity contribution is 5.31. The molecule has 0 amide bonds. The van der Waals surface area contributed by atoms with E-state index in [2.05, 4.69) is 30.4 Å². The van der Waals surface area contributed by atoms with Crippen LogP contribution >= 0.6 is 0 Å². The molecule has 4 saturated carbocycles. The van der Waals surface area contributed by atoms with Crippen molar-refractivity contribution in [2.75, 3.05) is 6.54 Å². The summed E-state index contributed by atoms with van der Waals surface area (Å²) in [7, 11) is 0. The van der Waals surface area contributed by atoms with Crippen LogP contribution in [0.25, 0.3) is 0 Å². The van der Waals surface area contributed by atoms with Crippen LogP contribution in [0.4, 0.5) is 0 Å². The first kappa shape index (κ1) is 15.2. The lowest BCUT2D eigenvalue weighted by molar-refractivity contribution is -0.0138. The number of benzene rings is 1. The fraction of sp³-hybridized carbons (Fsp3) is 0.667. The standard InChI is InChI=1S/C21H28N2/c1-21(14-22,19-5-3-2-4-6-19)7-8-23-20-17-10-15-9-16(12-17)13-18(20)11-15/h2-6,15-18,20,23H,7-13H2,1H3. The largest absolute Gasteiger partial charge is 0.313 e. The molecule has 122 valence electrons. The molecule has 1 atom stereocenters. The zero-order valence-corrected chi connectivity index (χ0v) is 14.2. The summed E-state index contributed by atoms with van der Waals surface area (Å²) >= 11 is 0. The van der Waals surface area contributed by atoms with Gasteiger partial charge in [0, 0.05) is 6.04 Å². The van der Waals surface area contributed by atoms with Crippen molar-refractivity contribution in [2.45, 2.75) is 56.9 Å². The maximum absolute atomic E-state index is 9.70. The highest BCUT2D eigenvalue weighted by Crippen LogP contribution is 2.53. The van der Waals surface area contributed by atoms with Crippen molar-refractivity contribution in [3.63, 3.8) is 0 Å². The first-order chi connectivity index (χ1) is 11.2. The summed E-state index contributed by atoms with van der Waals surface area (Å²) in [5.41, 5.74) is 0.773. The molecule has 0 radical (unpaired) electrons. The van der Waals surface area contributed by atoms with Crippen molar-refractivity contribution < 1.29 is 0 Å². The number of hydrogen-bond acceptors (Lipinski definition) is 2. The lowest BCUT2D eigenvalue weighted by atomic mass is 9.54. The van der Waals surface area contributed by atoms with Crippen molar-refractivity contribution >= 4 is 0 Å². The summed E-state index contributed by atoms with van der Waals surface area (Å²) < 4.78 is 0. The first-order valence-electron chi connectivity index (χ1n) is 9.38. The number of nitrogens with one attached hydrogen (secondary N) is 1.